The molecule has 0 saturated heterocycles. The van der Waals surface area contributed by atoms with Gasteiger partial charge in [0.2, 0.25) is 0 Å². The molecule has 0 fully saturated rings. The minimum absolute atomic E-state index is 0.439. The summed E-state index contributed by atoms with van der Waals surface area (Å²) in [6.45, 7) is 0.439. The number of benzene rings is 1. The Labute approximate surface area is 121 Å². The topological polar surface area (TPSA) is 48.0 Å². The zero-order valence-electron chi connectivity index (χ0n) is 9.75. The van der Waals surface area contributed by atoms with Crippen LogP contribution in [0.15, 0.2) is 55.6 Å². The van der Waals surface area contributed by atoms with Crippen LogP contribution >= 0.6 is 27.3 Å². The van der Waals surface area contributed by atoms with E-state index < -0.39 is 5.76 Å². The lowest BCUT2D eigenvalue weighted by molar-refractivity contribution is 0.378. The summed E-state index contributed by atoms with van der Waals surface area (Å²) < 4.78 is 7.29. The molecule has 0 atom stereocenters. The van der Waals surface area contributed by atoms with E-state index in [-0.39, 0.29) is 0 Å². The molecule has 3 aromatic rings. The second-order valence-corrected chi connectivity index (χ2v) is 5.83. The van der Waals surface area contributed by atoms with Gasteiger partial charge in [-0.2, -0.15) is 0 Å². The first kappa shape index (κ1) is 12.4. The summed E-state index contributed by atoms with van der Waals surface area (Å²) in [6, 6.07) is 11.6. The third-order valence-corrected chi connectivity index (χ3v) is 4.02. The second-order valence-electron chi connectivity index (χ2n) is 3.97. The third kappa shape index (κ3) is 2.54. The highest BCUT2D eigenvalue weighted by atomic mass is 79.9. The maximum absolute atomic E-state index is 11.8. The maximum Gasteiger partial charge on any atom is 0.442 e. The highest BCUT2D eigenvalue weighted by Gasteiger charge is 2.13. The van der Waals surface area contributed by atoms with Gasteiger partial charge in [-0.25, -0.2) is 4.79 Å². The van der Waals surface area contributed by atoms with Crippen molar-refractivity contribution in [3.8, 4) is 10.7 Å². The highest BCUT2D eigenvalue weighted by molar-refractivity contribution is 9.10. The van der Waals surface area contributed by atoms with Gasteiger partial charge in [0, 0.05) is 4.47 Å². The molecule has 6 heteroatoms. The number of hydrogen-bond acceptors (Lipinski definition) is 4. The van der Waals surface area contributed by atoms with Crippen LogP contribution in [0.25, 0.3) is 10.7 Å². The molecule has 2 heterocycles. The second kappa shape index (κ2) is 5.14. The lowest BCUT2D eigenvalue weighted by atomic mass is 10.2. The largest absolute Gasteiger partial charge is 0.442 e. The van der Waals surface area contributed by atoms with Gasteiger partial charge in [0.15, 0.2) is 5.82 Å². The summed E-state index contributed by atoms with van der Waals surface area (Å²) in [5.74, 6) is 0.128. The van der Waals surface area contributed by atoms with E-state index in [9.17, 15) is 4.79 Å². The van der Waals surface area contributed by atoms with E-state index in [1.165, 1.54) is 15.9 Å². The Morgan fingerprint density at radius 2 is 2.21 bits per heavy atom. The van der Waals surface area contributed by atoms with Crippen LogP contribution in [-0.4, -0.2) is 9.72 Å². The average Bonchev–Trinajstić information content (AvgIpc) is 3.01. The van der Waals surface area contributed by atoms with Crippen molar-refractivity contribution in [1.82, 2.24) is 9.72 Å². The minimum atomic E-state index is -0.441. The standard InChI is InChI=1S/C13H9BrN2O2S/c14-10-4-1-3-9(7-10)8-16-12(15-18-13(16)17)11-5-2-6-19-11/h1-7H,8H2. The van der Waals surface area contributed by atoms with Crippen molar-refractivity contribution in [2.24, 2.45) is 0 Å². The van der Waals surface area contributed by atoms with Crippen LogP contribution in [0.4, 0.5) is 0 Å². The van der Waals surface area contributed by atoms with E-state index in [1.807, 2.05) is 41.8 Å². The summed E-state index contributed by atoms with van der Waals surface area (Å²) >= 11 is 4.94. The number of rotatable bonds is 3. The van der Waals surface area contributed by atoms with Gasteiger partial charge < -0.3 is 0 Å². The molecule has 0 saturated carbocycles. The molecule has 0 N–H and O–H groups in total. The van der Waals surface area contributed by atoms with Gasteiger partial charge >= 0.3 is 5.76 Å². The van der Waals surface area contributed by atoms with Crippen LogP contribution in [0.5, 0.6) is 0 Å². The molecule has 1 aromatic carbocycles. The van der Waals surface area contributed by atoms with E-state index in [2.05, 4.69) is 21.1 Å². The molecular weight excluding hydrogens is 328 g/mol. The van der Waals surface area contributed by atoms with Crippen molar-refractivity contribution in [1.29, 1.82) is 0 Å². The van der Waals surface area contributed by atoms with Crippen molar-refractivity contribution in [2.45, 2.75) is 6.54 Å². The first-order valence-corrected chi connectivity index (χ1v) is 7.26. The molecule has 0 aliphatic carbocycles. The fourth-order valence-corrected chi connectivity index (χ4v) is 2.97. The fraction of sp³-hybridized carbons (Fsp3) is 0.0769. The van der Waals surface area contributed by atoms with Gasteiger partial charge in [-0.3, -0.25) is 9.09 Å². The number of aromatic nitrogens is 2. The van der Waals surface area contributed by atoms with Crippen molar-refractivity contribution in [3.63, 3.8) is 0 Å². The van der Waals surface area contributed by atoms with Crippen LogP contribution in [0, 0.1) is 0 Å². The first-order valence-electron chi connectivity index (χ1n) is 5.59. The van der Waals surface area contributed by atoms with Crippen LogP contribution in [0.1, 0.15) is 5.56 Å². The Kier molecular flexibility index (Phi) is 3.35. The van der Waals surface area contributed by atoms with Gasteiger partial charge in [0.05, 0.1) is 11.4 Å². The molecule has 0 radical (unpaired) electrons. The Bertz CT molecular complexity index is 746. The molecule has 4 nitrogen and oxygen atoms in total. The molecule has 0 unspecified atom stereocenters. The van der Waals surface area contributed by atoms with E-state index in [0.29, 0.717) is 12.4 Å². The van der Waals surface area contributed by atoms with Crippen LogP contribution in [0.3, 0.4) is 0 Å². The molecule has 96 valence electrons. The molecular formula is C13H9BrN2O2S. The lowest BCUT2D eigenvalue weighted by Gasteiger charge is -2.03. The summed E-state index contributed by atoms with van der Waals surface area (Å²) in [5.41, 5.74) is 1.01. The molecule has 3 rings (SSSR count). The van der Waals surface area contributed by atoms with E-state index in [1.54, 1.807) is 0 Å². The number of thiophene rings is 1. The van der Waals surface area contributed by atoms with Crippen molar-refractivity contribution in [3.05, 3.63) is 62.4 Å². The SMILES string of the molecule is O=c1onc(-c2cccs2)n1Cc1cccc(Br)c1. The number of nitrogens with zero attached hydrogens (tertiary/aromatic N) is 2. The number of halogens is 1. The van der Waals surface area contributed by atoms with Gasteiger partial charge in [0.25, 0.3) is 0 Å². The summed E-state index contributed by atoms with van der Waals surface area (Å²) in [5, 5.41) is 5.79. The van der Waals surface area contributed by atoms with E-state index >= 15 is 0 Å². The van der Waals surface area contributed by atoms with E-state index in [0.717, 1.165) is 14.9 Å². The van der Waals surface area contributed by atoms with Crippen molar-refractivity contribution in [2.75, 3.05) is 0 Å². The Hall–Kier alpha value is -1.66. The predicted octanol–water partition coefficient (Wildman–Crippen LogP) is 3.38. The maximum atomic E-state index is 11.8. The molecule has 0 aliphatic rings. The molecule has 19 heavy (non-hydrogen) atoms. The lowest BCUT2D eigenvalue weighted by Crippen LogP contribution is -2.16. The van der Waals surface area contributed by atoms with Gasteiger partial charge in [0.1, 0.15) is 0 Å². The zero-order chi connectivity index (χ0) is 13.2. The van der Waals surface area contributed by atoms with Crippen LogP contribution in [0.2, 0.25) is 0 Å². The van der Waals surface area contributed by atoms with Gasteiger partial charge in [-0.1, -0.05) is 39.3 Å². The quantitative estimate of drug-likeness (QED) is 0.736. The zero-order valence-corrected chi connectivity index (χ0v) is 12.1. The fourth-order valence-electron chi connectivity index (χ4n) is 1.81. The Balaban J connectivity index is 2.02. The normalized spacial score (nSPS) is 10.8. The minimum Gasteiger partial charge on any atom is -0.295 e. The average molecular weight is 337 g/mol. The molecule has 2 aromatic heterocycles. The Morgan fingerprint density at radius 1 is 1.32 bits per heavy atom. The number of hydrogen-bond donors (Lipinski definition) is 0. The first-order chi connectivity index (χ1) is 9.24. The summed E-state index contributed by atoms with van der Waals surface area (Å²) in [4.78, 5) is 12.7. The Morgan fingerprint density at radius 3 is 2.95 bits per heavy atom. The van der Waals surface area contributed by atoms with Gasteiger partial charge in [-0.05, 0) is 29.1 Å². The van der Waals surface area contributed by atoms with Crippen molar-refractivity contribution >= 4 is 27.3 Å². The van der Waals surface area contributed by atoms with Gasteiger partial charge in [-0.15, -0.1) is 11.3 Å². The highest BCUT2D eigenvalue weighted by Crippen LogP contribution is 2.22. The summed E-state index contributed by atoms with van der Waals surface area (Å²) in [7, 11) is 0. The monoisotopic (exact) mass is 336 g/mol. The van der Waals surface area contributed by atoms with E-state index in [4.69, 9.17) is 4.52 Å². The molecule has 0 bridgehead atoms. The third-order valence-electron chi connectivity index (χ3n) is 2.66. The van der Waals surface area contributed by atoms with Crippen LogP contribution < -0.4 is 5.76 Å². The smallest absolute Gasteiger partial charge is 0.295 e. The summed E-state index contributed by atoms with van der Waals surface area (Å²) in [6.07, 6.45) is 0. The molecule has 0 amide bonds. The van der Waals surface area contributed by atoms with Crippen LogP contribution in [-0.2, 0) is 6.54 Å². The molecule has 0 aliphatic heterocycles. The predicted molar refractivity (Wildman–Crippen MR) is 77.3 cm³/mol. The molecule has 0 spiro atoms. The van der Waals surface area contributed by atoms with Crippen molar-refractivity contribution < 1.29 is 4.52 Å².